The van der Waals surface area contributed by atoms with E-state index >= 15 is 0 Å². The number of aliphatic hydroxyl groups excluding tert-OH is 1. The SMILES string of the molecule is CN1CCN(c2ccc(Nc3ncc4c(=O)n(CCC5CC5)n(-c5ccsc5)c4n3)cc2CO)CC1. The minimum absolute atomic E-state index is 0.0430. The Bertz CT molecular complexity index is 1420. The summed E-state index contributed by atoms with van der Waals surface area (Å²) >= 11 is 1.60. The smallest absolute Gasteiger partial charge is 0.278 e. The lowest BCUT2D eigenvalue weighted by Crippen LogP contribution is -2.44. The van der Waals surface area contributed by atoms with Gasteiger partial charge in [-0.05, 0) is 49.0 Å². The zero-order valence-corrected chi connectivity index (χ0v) is 21.2. The molecule has 6 rings (SSSR count). The van der Waals surface area contributed by atoms with Gasteiger partial charge >= 0.3 is 0 Å². The molecule has 1 saturated carbocycles. The maximum atomic E-state index is 13.2. The van der Waals surface area contributed by atoms with E-state index in [0.29, 0.717) is 23.5 Å². The second-order valence-corrected chi connectivity index (χ2v) is 10.6. The van der Waals surface area contributed by atoms with E-state index in [0.717, 1.165) is 61.1 Å². The van der Waals surface area contributed by atoms with Crippen LogP contribution in [0.3, 0.4) is 0 Å². The molecule has 4 heterocycles. The van der Waals surface area contributed by atoms with E-state index in [2.05, 4.69) is 27.1 Å². The topological polar surface area (TPSA) is 91.5 Å². The van der Waals surface area contributed by atoms with Gasteiger partial charge in [0.25, 0.3) is 5.56 Å². The Morgan fingerprint density at radius 1 is 1.17 bits per heavy atom. The average molecular weight is 506 g/mol. The maximum absolute atomic E-state index is 13.2. The van der Waals surface area contributed by atoms with Gasteiger partial charge in [0, 0.05) is 61.2 Å². The van der Waals surface area contributed by atoms with Gasteiger partial charge in [-0.2, -0.15) is 16.3 Å². The van der Waals surface area contributed by atoms with Crippen molar-refractivity contribution in [2.75, 3.05) is 43.4 Å². The minimum Gasteiger partial charge on any atom is -0.392 e. The highest BCUT2D eigenvalue weighted by molar-refractivity contribution is 7.08. The molecule has 1 aromatic carbocycles. The highest BCUT2D eigenvalue weighted by Gasteiger charge is 2.24. The Kier molecular flexibility index (Phi) is 6.24. The fourth-order valence-corrected chi connectivity index (χ4v) is 5.53. The second-order valence-electron chi connectivity index (χ2n) is 9.80. The third kappa shape index (κ3) is 4.52. The van der Waals surface area contributed by atoms with Crippen molar-refractivity contribution in [3.8, 4) is 5.69 Å². The highest BCUT2D eigenvalue weighted by atomic mass is 32.1. The number of hydrogen-bond acceptors (Lipinski definition) is 8. The fourth-order valence-electron chi connectivity index (χ4n) is 4.92. The number of rotatable bonds is 8. The molecule has 36 heavy (non-hydrogen) atoms. The van der Waals surface area contributed by atoms with E-state index in [-0.39, 0.29) is 12.2 Å². The number of nitrogens with zero attached hydrogens (tertiary/aromatic N) is 6. The van der Waals surface area contributed by atoms with Crippen LogP contribution in [0.15, 0.2) is 46.0 Å². The maximum Gasteiger partial charge on any atom is 0.278 e. The molecule has 9 nitrogen and oxygen atoms in total. The number of likely N-dealkylation sites (N-methyl/N-ethyl adjacent to an activating group) is 1. The number of hydrogen-bond donors (Lipinski definition) is 2. The van der Waals surface area contributed by atoms with Crippen molar-refractivity contribution in [3.63, 3.8) is 0 Å². The quantitative estimate of drug-likeness (QED) is 0.379. The molecule has 2 N–H and O–H groups in total. The van der Waals surface area contributed by atoms with Crippen LogP contribution >= 0.6 is 11.3 Å². The molecule has 10 heteroatoms. The Labute approximate surface area is 213 Å². The van der Waals surface area contributed by atoms with Crippen molar-refractivity contribution in [1.29, 1.82) is 0 Å². The molecule has 3 aromatic heterocycles. The molecule has 0 spiro atoms. The van der Waals surface area contributed by atoms with Crippen molar-refractivity contribution < 1.29 is 5.11 Å². The summed E-state index contributed by atoms with van der Waals surface area (Å²) in [6.07, 6.45) is 5.13. The number of piperazine rings is 1. The van der Waals surface area contributed by atoms with Crippen LogP contribution in [-0.4, -0.2) is 62.6 Å². The molecule has 0 amide bonds. The summed E-state index contributed by atoms with van der Waals surface area (Å²) in [4.78, 5) is 27.1. The number of aromatic nitrogens is 4. The van der Waals surface area contributed by atoms with Gasteiger partial charge in [0.05, 0.1) is 12.3 Å². The van der Waals surface area contributed by atoms with E-state index in [1.807, 2.05) is 39.7 Å². The predicted octanol–water partition coefficient (Wildman–Crippen LogP) is 3.43. The van der Waals surface area contributed by atoms with Gasteiger partial charge in [0.2, 0.25) is 5.95 Å². The van der Waals surface area contributed by atoms with E-state index in [1.54, 1.807) is 22.2 Å². The molecule has 4 aromatic rings. The first-order valence-electron chi connectivity index (χ1n) is 12.6. The zero-order valence-electron chi connectivity index (χ0n) is 20.4. The number of fused-ring (bicyclic) bond motifs is 1. The van der Waals surface area contributed by atoms with Crippen molar-refractivity contribution in [1.82, 2.24) is 24.2 Å². The van der Waals surface area contributed by atoms with Crippen molar-refractivity contribution in [2.45, 2.75) is 32.4 Å². The number of thiophene rings is 1. The number of anilines is 3. The summed E-state index contributed by atoms with van der Waals surface area (Å²) in [6, 6.07) is 8.01. The normalized spacial score (nSPS) is 16.7. The molecule has 0 bridgehead atoms. The third-order valence-electron chi connectivity index (χ3n) is 7.22. The monoisotopic (exact) mass is 505 g/mol. The van der Waals surface area contributed by atoms with Crippen LogP contribution in [0, 0.1) is 5.92 Å². The molecular formula is C26H31N7O2S. The van der Waals surface area contributed by atoms with E-state index < -0.39 is 0 Å². The summed E-state index contributed by atoms with van der Waals surface area (Å²) in [5.41, 5.74) is 4.21. The first-order valence-corrected chi connectivity index (χ1v) is 13.5. The lowest BCUT2D eigenvalue weighted by atomic mass is 10.1. The number of aliphatic hydroxyl groups is 1. The van der Waals surface area contributed by atoms with Crippen molar-refractivity contribution >= 4 is 39.7 Å². The number of benzene rings is 1. The Morgan fingerprint density at radius 2 is 2.00 bits per heavy atom. The van der Waals surface area contributed by atoms with Gasteiger partial charge in [-0.15, -0.1) is 0 Å². The van der Waals surface area contributed by atoms with E-state index in [9.17, 15) is 9.90 Å². The Balaban J connectivity index is 1.32. The molecule has 188 valence electrons. The molecular weight excluding hydrogens is 474 g/mol. The standard InChI is InChI=1S/C26H31N7O2S/c1-30-9-11-31(12-10-30)23-5-4-20(14-19(23)16-34)28-26-27-15-22-24(29-26)33(21-7-13-36-17-21)32(25(22)35)8-6-18-2-3-18/h4-5,7,13-15,17-18,34H,2-3,6,8-12,16H2,1H3,(H,27,28,29). The van der Waals surface area contributed by atoms with Crippen molar-refractivity contribution in [2.24, 2.45) is 5.92 Å². The number of nitrogens with one attached hydrogen (secondary N) is 1. The summed E-state index contributed by atoms with van der Waals surface area (Å²) < 4.78 is 3.73. The van der Waals surface area contributed by atoms with Crippen LogP contribution in [0.5, 0.6) is 0 Å². The molecule has 0 atom stereocenters. The third-order valence-corrected chi connectivity index (χ3v) is 7.89. The minimum atomic E-state index is -0.0532. The first kappa shape index (κ1) is 23.2. The molecule has 1 aliphatic heterocycles. The largest absolute Gasteiger partial charge is 0.392 e. The lowest BCUT2D eigenvalue weighted by Gasteiger charge is -2.35. The van der Waals surface area contributed by atoms with Crippen LogP contribution in [0.2, 0.25) is 0 Å². The van der Waals surface area contributed by atoms with Gasteiger partial charge in [-0.3, -0.25) is 4.79 Å². The molecule has 1 saturated heterocycles. The van der Waals surface area contributed by atoms with Gasteiger partial charge < -0.3 is 20.2 Å². The molecule has 2 aliphatic rings. The van der Waals surface area contributed by atoms with Crippen LogP contribution in [0.25, 0.3) is 16.7 Å². The van der Waals surface area contributed by atoms with Crippen LogP contribution in [-0.2, 0) is 13.2 Å². The molecule has 0 radical (unpaired) electrons. The second kappa shape index (κ2) is 9.68. The van der Waals surface area contributed by atoms with Gasteiger partial charge in [0.15, 0.2) is 5.65 Å². The Hall–Kier alpha value is -3.21. The molecule has 0 unspecified atom stereocenters. The van der Waals surface area contributed by atoms with E-state index in [4.69, 9.17) is 4.98 Å². The van der Waals surface area contributed by atoms with Gasteiger partial charge in [0.1, 0.15) is 5.39 Å². The first-order chi connectivity index (χ1) is 17.6. The summed E-state index contributed by atoms with van der Waals surface area (Å²) in [5, 5.41) is 17.9. The summed E-state index contributed by atoms with van der Waals surface area (Å²) in [7, 11) is 2.13. The van der Waals surface area contributed by atoms with Gasteiger partial charge in [-0.25, -0.2) is 14.3 Å². The van der Waals surface area contributed by atoms with Gasteiger partial charge in [-0.1, -0.05) is 12.8 Å². The summed E-state index contributed by atoms with van der Waals surface area (Å²) in [5.74, 6) is 1.14. The Morgan fingerprint density at radius 3 is 2.72 bits per heavy atom. The zero-order chi connectivity index (χ0) is 24.6. The van der Waals surface area contributed by atoms with Crippen LogP contribution in [0.4, 0.5) is 17.3 Å². The molecule has 1 aliphatic carbocycles. The average Bonchev–Trinajstić information content (AvgIpc) is 3.49. The highest BCUT2D eigenvalue weighted by Crippen LogP contribution is 2.33. The predicted molar refractivity (Wildman–Crippen MR) is 144 cm³/mol. The summed E-state index contributed by atoms with van der Waals surface area (Å²) in [6.45, 7) is 4.52. The lowest BCUT2D eigenvalue weighted by molar-refractivity contribution is 0.280. The van der Waals surface area contributed by atoms with Crippen LogP contribution < -0.4 is 15.8 Å². The van der Waals surface area contributed by atoms with Crippen LogP contribution in [0.1, 0.15) is 24.8 Å². The van der Waals surface area contributed by atoms with Crippen molar-refractivity contribution in [3.05, 3.63) is 57.1 Å². The molecule has 2 fully saturated rings. The van der Waals surface area contributed by atoms with E-state index in [1.165, 1.54) is 12.8 Å². The fraction of sp³-hybridized carbons (Fsp3) is 0.423.